The van der Waals surface area contributed by atoms with Crippen LogP contribution in [0.3, 0.4) is 0 Å². The van der Waals surface area contributed by atoms with Crippen molar-refractivity contribution in [1.29, 1.82) is 0 Å². The first-order chi connectivity index (χ1) is 10.2. The van der Waals surface area contributed by atoms with Crippen molar-refractivity contribution >= 4 is 12.0 Å². The Balaban J connectivity index is 2.07. The van der Waals surface area contributed by atoms with Gasteiger partial charge in [0, 0.05) is 24.3 Å². The molecule has 1 unspecified atom stereocenters. The molecule has 5 nitrogen and oxygen atoms in total. The van der Waals surface area contributed by atoms with E-state index in [4.69, 9.17) is 4.74 Å². The summed E-state index contributed by atoms with van der Waals surface area (Å²) in [7, 11) is 1.53. The van der Waals surface area contributed by atoms with Crippen molar-refractivity contribution in [2.45, 2.75) is 25.3 Å². The maximum atomic E-state index is 12.2. The van der Waals surface area contributed by atoms with Crippen molar-refractivity contribution in [2.24, 2.45) is 0 Å². The van der Waals surface area contributed by atoms with Crippen molar-refractivity contribution in [1.82, 2.24) is 4.90 Å². The van der Waals surface area contributed by atoms with Crippen LogP contribution in [-0.2, 0) is 4.79 Å². The third-order valence-corrected chi connectivity index (χ3v) is 3.76. The zero-order valence-electron chi connectivity index (χ0n) is 12.2. The SMILES string of the molecule is COc1ccc(/C=C/C(=O)N2CCCCC2CO)c(O)c1. The third kappa shape index (κ3) is 3.76. The summed E-state index contributed by atoms with van der Waals surface area (Å²) >= 11 is 0. The quantitative estimate of drug-likeness (QED) is 0.830. The zero-order valence-corrected chi connectivity index (χ0v) is 12.2. The minimum atomic E-state index is -0.135. The van der Waals surface area contributed by atoms with Crippen LogP contribution in [0.5, 0.6) is 11.5 Å². The average molecular weight is 291 g/mol. The molecule has 0 radical (unpaired) electrons. The molecule has 1 heterocycles. The molecule has 114 valence electrons. The Kier molecular flexibility index (Phi) is 5.22. The fraction of sp³-hybridized carbons (Fsp3) is 0.438. The van der Waals surface area contributed by atoms with E-state index in [0.29, 0.717) is 17.9 Å². The molecule has 0 spiro atoms. The maximum Gasteiger partial charge on any atom is 0.246 e. The lowest BCUT2D eigenvalue weighted by molar-refractivity contribution is -0.130. The molecular formula is C16H21NO4. The molecule has 2 rings (SSSR count). The summed E-state index contributed by atoms with van der Waals surface area (Å²) in [5, 5.41) is 19.2. The van der Waals surface area contributed by atoms with E-state index in [0.717, 1.165) is 19.3 Å². The number of aliphatic hydroxyl groups excluding tert-OH is 1. The van der Waals surface area contributed by atoms with Crippen molar-refractivity contribution in [3.05, 3.63) is 29.8 Å². The zero-order chi connectivity index (χ0) is 15.2. The van der Waals surface area contributed by atoms with Gasteiger partial charge in [-0.25, -0.2) is 0 Å². The lowest BCUT2D eigenvalue weighted by Gasteiger charge is -2.33. The molecule has 1 aliphatic heterocycles. The molecule has 21 heavy (non-hydrogen) atoms. The number of rotatable bonds is 4. The molecule has 1 aromatic carbocycles. The Morgan fingerprint density at radius 2 is 2.29 bits per heavy atom. The van der Waals surface area contributed by atoms with Gasteiger partial charge in [0.25, 0.3) is 0 Å². The van der Waals surface area contributed by atoms with Crippen molar-refractivity contribution in [3.8, 4) is 11.5 Å². The van der Waals surface area contributed by atoms with Gasteiger partial charge in [-0.2, -0.15) is 0 Å². The van der Waals surface area contributed by atoms with E-state index in [2.05, 4.69) is 0 Å². The average Bonchev–Trinajstić information content (AvgIpc) is 2.53. The highest BCUT2D eigenvalue weighted by atomic mass is 16.5. The summed E-state index contributed by atoms with van der Waals surface area (Å²) in [4.78, 5) is 13.9. The molecule has 0 bridgehead atoms. The predicted octanol–water partition coefficient (Wildman–Crippen LogP) is 1.79. The Bertz CT molecular complexity index is 527. The summed E-state index contributed by atoms with van der Waals surface area (Å²) in [6.45, 7) is 0.663. The normalized spacial score (nSPS) is 19.0. The molecule has 5 heteroatoms. The van der Waals surface area contributed by atoms with Gasteiger partial charge in [0.05, 0.1) is 19.8 Å². The van der Waals surface area contributed by atoms with E-state index < -0.39 is 0 Å². The summed E-state index contributed by atoms with van der Waals surface area (Å²) < 4.78 is 5.01. The predicted molar refractivity (Wildman–Crippen MR) is 80.1 cm³/mol. The van der Waals surface area contributed by atoms with Crippen molar-refractivity contribution in [3.63, 3.8) is 0 Å². The topological polar surface area (TPSA) is 70.0 Å². The van der Waals surface area contributed by atoms with Crippen LogP contribution in [0.25, 0.3) is 6.08 Å². The summed E-state index contributed by atoms with van der Waals surface area (Å²) in [5.41, 5.74) is 0.557. The van der Waals surface area contributed by atoms with Gasteiger partial charge in [-0.3, -0.25) is 4.79 Å². The first kappa shape index (κ1) is 15.4. The molecule has 1 aromatic rings. The maximum absolute atomic E-state index is 12.2. The Labute approximate surface area is 124 Å². The minimum absolute atomic E-state index is 0.00658. The summed E-state index contributed by atoms with van der Waals surface area (Å²) in [5.74, 6) is 0.493. The number of phenols is 1. The fourth-order valence-electron chi connectivity index (χ4n) is 2.53. The van der Waals surface area contributed by atoms with Gasteiger partial charge in [-0.05, 0) is 37.5 Å². The highest BCUT2D eigenvalue weighted by Crippen LogP contribution is 2.24. The monoisotopic (exact) mass is 291 g/mol. The van der Waals surface area contributed by atoms with Crippen LogP contribution in [0.15, 0.2) is 24.3 Å². The Hall–Kier alpha value is -2.01. The third-order valence-electron chi connectivity index (χ3n) is 3.76. The second-order valence-corrected chi connectivity index (χ2v) is 5.12. The second kappa shape index (κ2) is 7.13. The van der Waals surface area contributed by atoms with Gasteiger partial charge >= 0.3 is 0 Å². The van der Waals surface area contributed by atoms with E-state index in [9.17, 15) is 15.0 Å². The highest BCUT2D eigenvalue weighted by Gasteiger charge is 2.24. The van der Waals surface area contributed by atoms with Crippen LogP contribution in [0.4, 0.5) is 0 Å². The molecule has 1 aliphatic rings. The lowest BCUT2D eigenvalue weighted by Crippen LogP contribution is -2.44. The lowest BCUT2D eigenvalue weighted by atomic mass is 10.0. The molecule has 2 N–H and O–H groups in total. The van der Waals surface area contributed by atoms with Crippen molar-refractivity contribution in [2.75, 3.05) is 20.3 Å². The van der Waals surface area contributed by atoms with E-state index in [1.165, 1.54) is 19.3 Å². The first-order valence-corrected chi connectivity index (χ1v) is 7.12. The largest absolute Gasteiger partial charge is 0.507 e. The smallest absolute Gasteiger partial charge is 0.246 e. The van der Waals surface area contributed by atoms with E-state index in [1.807, 2.05) is 0 Å². The van der Waals surface area contributed by atoms with Crippen LogP contribution >= 0.6 is 0 Å². The number of aliphatic hydroxyl groups is 1. The number of amides is 1. The number of aromatic hydroxyl groups is 1. The molecule has 0 saturated carbocycles. The number of carbonyl (C=O) groups is 1. The molecule has 0 aromatic heterocycles. The highest BCUT2D eigenvalue weighted by molar-refractivity contribution is 5.92. The van der Waals surface area contributed by atoms with Gasteiger partial charge < -0.3 is 19.8 Å². The number of carbonyl (C=O) groups excluding carboxylic acids is 1. The molecule has 1 saturated heterocycles. The Morgan fingerprint density at radius 1 is 1.48 bits per heavy atom. The van der Waals surface area contributed by atoms with Crippen LogP contribution in [0.1, 0.15) is 24.8 Å². The second-order valence-electron chi connectivity index (χ2n) is 5.12. The number of piperidine rings is 1. The minimum Gasteiger partial charge on any atom is -0.507 e. The molecule has 1 amide bonds. The summed E-state index contributed by atoms with van der Waals surface area (Å²) in [6.07, 6.45) is 5.86. The van der Waals surface area contributed by atoms with Crippen LogP contribution in [-0.4, -0.2) is 47.3 Å². The van der Waals surface area contributed by atoms with Crippen molar-refractivity contribution < 1.29 is 19.7 Å². The molecular weight excluding hydrogens is 270 g/mol. The van der Waals surface area contributed by atoms with Gasteiger partial charge in [0.2, 0.25) is 5.91 Å². The van der Waals surface area contributed by atoms with Gasteiger partial charge in [0.15, 0.2) is 0 Å². The summed E-state index contributed by atoms with van der Waals surface area (Å²) in [6, 6.07) is 4.82. The standard InChI is InChI=1S/C16H21NO4/c1-21-14-7-5-12(15(19)10-14)6-8-16(20)17-9-3-2-4-13(17)11-18/h5-8,10,13,18-19H,2-4,9,11H2,1H3/b8-6+. The van der Waals surface area contributed by atoms with Crippen LogP contribution in [0.2, 0.25) is 0 Å². The molecule has 1 fully saturated rings. The van der Waals surface area contributed by atoms with Crippen LogP contribution < -0.4 is 4.74 Å². The number of hydrogen-bond acceptors (Lipinski definition) is 4. The van der Waals surface area contributed by atoms with E-state index in [-0.39, 0.29) is 24.3 Å². The number of benzene rings is 1. The number of phenolic OH excluding ortho intramolecular Hbond substituents is 1. The number of nitrogens with zero attached hydrogens (tertiary/aromatic N) is 1. The number of ether oxygens (including phenoxy) is 1. The molecule has 1 atom stereocenters. The first-order valence-electron chi connectivity index (χ1n) is 7.12. The van der Waals surface area contributed by atoms with Gasteiger partial charge in [-0.15, -0.1) is 0 Å². The molecule has 0 aliphatic carbocycles. The Morgan fingerprint density at radius 3 is 2.95 bits per heavy atom. The number of likely N-dealkylation sites (tertiary alicyclic amines) is 1. The number of hydrogen-bond donors (Lipinski definition) is 2. The number of methoxy groups -OCH3 is 1. The van der Waals surface area contributed by atoms with E-state index >= 15 is 0 Å². The van der Waals surface area contributed by atoms with Gasteiger partial charge in [-0.1, -0.05) is 0 Å². The van der Waals surface area contributed by atoms with Gasteiger partial charge in [0.1, 0.15) is 11.5 Å². The van der Waals surface area contributed by atoms with E-state index in [1.54, 1.807) is 23.1 Å². The fourth-order valence-corrected chi connectivity index (χ4v) is 2.53. The van der Waals surface area contributed by atoms with Crippen LogP contribution in [0, 0.1) is 0 Å².